The molecule has 2 aromatic rings. The van der Waals surface area contributed by atoms with Gasteiger partial charge in [-0.25, -0.2) is 9.59 Å². The Balaban J connectivity index is 1.88. The van der Waals surface area contributed by atoms with Crippen LogP contribution in [-0.2, 0) is 41.8 Å². The fourth-order valence-corrected chi connectivity index (χ4v) is 4.09. The number of carbonyl (C=O) groups excluding carboxylic acids is 5. The third kappa shape index (κ3) is 15.4. The minimum atomic E-state index is -1.18. The summed E-state index contributed by atoms with van der Waals surface area (Å²) in [5.74, 6) is -1.96. The smallest absolute Gasteiger partial charge is 0.408 e. The Hall–Kier alpha value is -4.12. The number of alkyl carbamates (subject to hydrolysis) is 2. The average molecular weight is 632 g/mol. The zero-order valence-corrected chi connectivity index (χ0v) is 26.2. The Kier molecular flexibility index (Phi) is 15.8. The molecule has 0 aliphatic rings. The topological polar surface area (TPSA) is 149 Å². The number of carbonyl (C=O) groups is 5. The number of benzene rings is 2. The van der Waals surface area contributed by atoms with Crippen molar-refractivity contribution in [2.45, 2.75) is 83.8 Å². The van der Waals surface area contributed by atoms with Crippen LogP contribution in [0.5, 0.6) is 0 Å². The minimum Gasteiger partial charge on any atom is -0.461 e. The summed E-state index contributed by atoms with van der Waals surface area (Å²) >= 11 is 5.80. The number of esters is 1. The molecule has 0 saturated heterocycles. The number of halogens is 1. The van der Waals surface area contributed by atoms with Crippen LogP contribution >= 0.6 is 11.6 Å². The maximum atomic E-state index is 13.2. The molecule has 3 N–H and O–H groups in total. The van der Waals surface area contributed by atoms with Gasteiger partial charge in [-0.3, -0.25) is 14.4 Å². The summed E-state index contributed by atoms with van der Waals surface area (Å²) < 4.78 is 15.7. The molecule has 2 rings (SSSR count). The van der Waals surface area contributed by atoms with Crippen LogP contribution in [0.15, 0.2) is 60.7 Å². The summed E-state index contributed by atoms with van der Waals surface area (Å²) in [6, 6.07) is 16.3. The monoisotopic (exact) mass is 631 g/mol. The fraction of sp³-hybridized carbons (Fsp3) is 0.469. The molecule has 0 radical (unpaired) electrons. The number of nitrogens with one attached hydrogen (secondary N) is 3. The summed E-state index contributed by atoms with van der Waals surface area (Å²) in [5.41, 5.74) is 0.854. The molecule has 2 atom stereocenters. The molecule has 0 aliphatic heterocycles. The summed E-state index contributed by atoms with van der Waals surface area (Å²) in [6.45, 7) is 5.55. The lowest BCUT2D eigenvalue weighted by Crippen LogP contribution is -2.52. The molecule has 0 saturated carbocycles. The Labute approximate surface area is 263 Å². The number of hydrogen-bond donors (Lipinski definition) is 3. The summed E-state index contributed by atoms with van der Waals surface area (Å²) in [7, 11) is 0. The largest absolute Gasteiger partial charge is 0.461 e. The third-order valence-corrected chi connectivity index (χ3v) is 6.39. The SMILES string of the molecule is CC(C)(C)OC(=O)N[C@@H](CCC(=O)OCc1ccccc1)C(=O)N[C@@H](CCCCNC(=O)OCc1ccccc1)C(=O)CCl. The van der Waals surface area contributed by atoms with E-state index in [0.29, 0.717) is 19.4 Å². The molecular weight excluding hydrogens is 590 g/mol. The third-order valence-electron chi connectivity index (χ3n) is 6.13. The van der Waals surface area contributed by atoms with Crippen molar-refractivity contribution in [2.75, 3.05) is 12.4 Å². The van der Waals surface area contributed by atoms with Gasteiger partial charge in [-0.15, -0.1) is 11.6 Å². The highest BCUT2D eigenvalue weighted by Crippen LogP contribution is 2.11. The van der Waals surface area contributed by atoms with E-state index in [9.17, 15) is 24.0 Å². The van der Waals surface area contributed by atoms with Crippen molar-refractivity contribution in [3.05, 3.63) is 71.8 Å². The Morgan fingerprint density at radius 2 is 1.34 bits per heavy atom. The molecule has 2 aromatic carbocycles. The van der Waals surface area contributed by atoms with E-state index in [1.54, 1.807) is 20.8 Å². The van der Waals surface area contributed by atoms with E-state index < -0.39 is 47.5 Å². The van der Waals surface area contributed by atoms with Crippen molar-refractivity contribution in [1.29, 1.82) is 0 Å². The van der Waals surface area contributed by atoms with Crippen LogP contribution in [0.25, 0.3) is 0 Å². The molecule has 12 heteroatoms. The van der Waals surface area contributed by atoms with Crippen LogP contribution in [0.2, 0.25) is 0 Å². The van der Waals surface area contributed by atoms with Crippen LogP contribution in [0.3, 0.4) is 0 Å². The van der Waals surface area contributed by atoms with Gasteiger partial charge in [-0.05, 0) is 57.6 Å². The molecule has 3 amide bonds. The zero-order chi connectivity index (χ0) is 32.4. The van der Waals surface area contributed by atoms with Gasteiger partial charge >= 0.3 is 18.2 Å². The summed E-state index contributed by atoms with van der Waals surface area (Å²) in [6.07, 6.45) is -0.431. The van der Waals surface area contributed by atoms with Crippen LogP contribution in [0.4, 0.5) is 9.59 Å². The highest BCUT2D eigenvalue weighted by Gasteiger charge is 2.28. The Bertz CT molecular complexity index is 1200. The van der Waals surface area contributed by atoms with Gasteiger partial charge in [0.25, 0.3) is 0 Å². The molecule has 0 aliphatic carbocycles. The molecule has 0 bridgehead atoms. The predicted octanol–water partition coefficient (Wildman–Crippen LogP) is 4.79. The second-order valence-electron chi connectivity index (χ2n) is 11.0. The van der Waals surface area contributed by atoms with Gasteiger partial charge in [0.05, 0.1) is 11.9 Å². The normalized spacial score (nSPS) is 12.3. The van der Waals surface area contributed by atoms with Crippen LogP contribution in [0, 0.1) is 0 Å². The lowest BCUT2D eigenvalue weighted by atomic mass is 10.0. The first-order valence-electron chi connectivity index (χ1n) is 14.5. The van der Waals surface area contributed by atoms with Gasteiger partial charge in [-0.2, -0.15) is 0 Å². The van der Waals surface area contributed by atoms with Crippen LogP contribution < -0.4 is 16.0 Å². The predicted molar refractivity (Wildman–Crippen MR) is 165 cm³/mol. The molecule has 0 spiro atoms. The van der Waals surface area contributed by atoms with E-state index in [-0.39, 0.29) is 38.4 Å². The number of hydrogen-bond acceptors (Lipinski definition) is 8. The maximum absolute atomic E-state index is 13.2. The maximum Gasteiger partial charge on any atom is 0.408 e. The van der Waals surface area contributed by atoms with E-state index in [4.69, 9.17) is 25.8 Å². The van der Waals surface area contributed by atoms with Gasteiger partial charge in [-0.1, -0.05) is 60.7 Å². The van der Waals surface area contributed by atoms with Gasteiger partial charge in [0.15, 0.2) is 5.78 Å². The van der Waals surface area contributed by atoms with Crippen molar-refractivity contribution < 1.29 is 38.2 Å². The van der Waals surface area contributed by atoms with Gasteiger partial charge in [0.2, 0.25) is 5.91 Å². The molecule has 0 fully saturated rings. The second-order valence-corrected chi connectivity index (χ2v) is 11.3. The number of unbranched alkanes of at least 4 members (excludes halogenated alkanes) is 1. The van der Waals surface area contributed by atoms with Crippen molar-refractivity contribution in [2.24, 2.45) is 0 Å². The number of rotatable bonds is 17. The van der Waals surface area contributed by atoms with Crippen molar-refractivity contribution in [1.82, 2.24) is 16.0 Å². The lowest BCUT2D eigenvalue weighted by molar-refractivity contribution is -0.145. The fourth-order valence-electron chi connectivity index (χ4n) is 3.91. The molecular formula is C32H42ClN3O8. The van der Waals surface area contributed by atoms with Crippen molar-refractivity contribution >= 4 is 41.4 Å². The zero-order valence-electron chi connectivity index (χ0n) is 25.4. The minimum absolute atomic E-state index is 0.0714. The van der Waals surface area contributed by atoms with Crippen LogP contribution in [0.1, 0.15) is 64.0 Å². The number of Topliss-reactive ketones (excluding diaryl/α,β-unsaturated/α-hetero) is 1. The number of alkyl halides is 1. The molecule has 0 unspecified atom stereocenters. The number of ether oxygens (including phenoxy) is 3. The van der Waals surface area contributed by atoms with Gasteiger partial charge in [0, 0.05) is 13.0 Å². The quantitative estimate of drug-likeness (QED) is 0.0976. The molecule has 240 valence electrons. The van der Waals surface area contributed by atoms with E-state index in [0.717, 1.165) is 11.1 Å². The first-order chi connectivity index (χ1) is 21.0. The van der Waals surface area contributed by atoms with Gasteiger partial charge < -0.3 is 30.2 Å². The first kappa shape index (κ1) is 36.1. The Morgan fingerprint density at radius 3 is 1.91 bits per heavy atom. The van der Waals surface area contributed by atoms with E-state index >= 15 is 0 Å². The Morgan fingerprint density at radius 1 is 0.750 bits per heavy atom. The van der Waals surface area contributed by atoms with Crippen LogP contribution in [-0.4, -0.2) is 60.0 Å². The second kappa shape index (κ2) is 19.2. The number of ketones is 1. The standard InChI is InChI=1S/C32H42ClN3O8/c1-32(2,3)44-31(41)36-26(17-18-28(38)42-21-23-12-6-4-7-13-23)29(39)35-25(27(37)20-33)16-10-11-19-34-30(40)43-22-24-14-8-5-9-15-24/h4-9,12-15,25-26H,10-11,16-22H2,1-3H3,(H,34,40)(H,35,39)(H,36,41)/t25-,26-/m0/s1. The highest BCUT2D eigenvalue weighted by molar-refractivity contribution is 6.28. The highest BCUT2D eigenvalue weighted by atomic mass is 35.5. The first-order valence-corrected chi connectivity index (χ1v) is 15.0. The van der Waals surface area contributed by atoms with Gasteiger partial charge in [0.1, 0.15) is 24.9 Å². The van der Waals surface area contributed by atoms with E-state index in [2.05, 4.69) is 16.0 Å². The van der Waals surface area contributed by atoms with E-state index in [1.807, 2.05) is 60.7 Å². The van der Waals surface area contributed by atoms with Crippen molar-refractivity contribution in [3.63, 3.8) is 0 Å². The number of amides is 3. The molecule has 0 aromatic heterocycles. The summed E-state index contributed by atoms with van der Waals surface area (Å²) in [5, 5.41) is 7.79. The summed E-state index contributed by atoms with van der Waals surface area (Å²) in [4.78, 5) is 62.6. The molecule has 11 nitrogen and oxygen atoms in total. The average Bonchev–Trinajstić information content (AvgIpc) is 2.99. The van der Waals surface area contributed by atoms with E-state index in [1.165, 1.54) is 0 Å². The molecule has 0 heterocycles. The van der Waals surface area contributed by atoms with Crippen molar-refractivity contribution in [3.8, 4) is 0 Å². The lowest BCUT2D eigenvalue weighted by Gasteiger charge is -2.25. The molecule has 44 heavy (non-hydrogen) atoms.